The number of rotatable bonds is 7. The van der Waals surface area contributed by atoms with Crippen molar-refractivity contribution in [1.29, 1.82) is 0 Å². The summed E-state index contributed by atoms with van der Waals surface area (Å²) in [7, 11) is 2.17. The van der Waals surface area contributed by atoms with Crippen LogP contribution < -0.4 is 5.32 Å². The first-order valence-corrected chi connectivity index (χ1v) is 10.7. The molecule has 2 atom stereocenters. The molecule has 1 N–H and O–H groups in total. The van der Waals surface area contributed by atoms with E-state index in [4.69, 9.17) is 0 Å². The lowest BCUT2D eigenvalue weighted by molar-refractivity contribution is -0.145. The summed E-state index contributed by atoms with van der Waals surface area (Å²) in [6, 6.07) is 4.43. The second-order valence-electron chi connectivity index (χ2n) is 8.52. The molecule has 2 aliphatic rings. The first kappa shape index (κ1) is 20.0. The maximum absolute atomic E-state index is 13.4. The van der Waals surface area contributed by atoms with Crippen LogP contribution in [0.2, 0.25) is 0 Å². The van der Waals surface area contributed by atoms with Gasteiger partial charge in [0.25, 0.3) is 0 Å². The van der Waals surface area contributed by atoms with Crippen LogP contribution in [-0.2, 0) is 17.9 Å². The van der Waals surface area contributed by atoms with Gasteiger partial charge in [-0.1, -0.05) is 0 Å². The molecule has 7 nitrogen and oxygen atoms in total. The summed E-state index contributed by atoms with van der Waals surface area (Å²) in [5.41, 5.74) is 0.997. The first-order chi connectivity index (χ1) is 14.2. The maximum atomic E-state index is 13.4. The van der Waals surface area contributed by atoms with Gasteiger partial charge in [-0.25, -0.2) is 4.98 Å². The standard InChI is InChI=1S/C22H32N6O/c1-26-14-7-22(21(29)25-8-3-12-27-15-11-24-18-27)6-2-13-28(20(22)17-26)16-19-4-9-23-10-5-19/h4-5,9-11,15,18,20H,2-3,6-8,12-14,16-17H2,1H3,(H,25,29)/t20-,22+/m0/s1. The summed E-state index contributed by atoms with van der Waals surface area (Å²) < 4.78 is 2.06. The molecule has 0 saturated carbocycles. The van der Waals surface area contributed by atoms with Gasteiger partial charge in [-0.2, -0.15) is 0 Å². The molecule has 4 rings (SSSR count). The van der Waals surface area contributed by atoms with E-state index in [0.29, 0.717) is 6.54 Å². The lowest BCUT2D eigenvalue weighted by atomic mass is 9.67. The molecule has 7 heteroatoms. The first-order valence-electron chi connectivity index (χ1n) is 10.7. The minimum Gasteiger partial charge on any atom is -0.356 e. The smallest absolute Gasteiger partial charge is 0.227 e. The molecule has 0 radical (unpaired) electrons. The maximum Gasteiger partial charge on any atom is 0.227 e. The Balaban J connectivity index is 1.42. The average Bonchev–Trinajstić information content (AvgIpc) is 3.26. The Morgan fingerprint density at radius 3 is 2.86 bits per heavy atom. The molecule has 2 aromatic rings. The minimum absolute atomic E-state index is 0.251. The Morgan fingerprint density at radius 2 is 2.07 bits per heavy atom. The zero-order valence-corrected chi connectivity index (χ0v) is 17.3. The Bertz CT molecular complexity index is 780. The van der Waals surface area contributed by atoms with E-state index in [1.807, 2.05) is 24.9 Å². The van der Waals surface area contributed by atoms with E-state index in [-0.39, 0.29) is 17.4 Å². The number of aromatic nitrogens is 3. The molecule has 0 spiro atoms. The molecule has 156 valence electrons. The van der Waals surface area contributed by atoms with Crippen LogP contribution in [0.4, 0.5) is 0 Å². The number of likely N-dealkylation sites (tertiary alicyclic amines) is 2. The van der Waals surface area contributed by atoms with Crippen molar-refractivity contribution < 1.29 is 4.79 Å². The summed E-state index contributed by atoms with van der Waals surface area (Å²) in [4.78, 5) is 26.5. The molecule has 2 aromatic heterocycles. The van der Waals surface area contributed by atoms with Gasteiger partial charge in [0.1, 0.15) is 0 Å². The molecule has 1 amide bonds. The number of pyridine rings is 1. The Hall–Kier alpha value is -2.25. The highest BCUT2D eigenvalue weighted by Gasteiger charge is 2.51. The predicted octanol–water partition coefficient (Wildman–Crippen LogP) is 1.77. The molecule has 2 fully saturated rings. The van der Waals surface area contributed by atoms with Crippen molar-refractivity contribution in [3.8, 4) is 0 Å². The zero-order valence-electron chi connectivity index (χ0n) is 17.3. The third kappa shape index (κ3) is 4.51. The van der Waals surface area contributed by atoms with E-state index in [2.05, 4.69) is 48.8 Å². The van der Waals surface area contributed by atoms with E-state index in [0.717, 1.165) is 58.4 Å². The van der Waals surface area contributed by atoms with Gasteiger partial charge in [0.15, 0.2) is 0 Å². The van der Waals surface area contributed by atoms with Gasteiger partial charge in [0.2, 0.25) is 5.91 Å². The highest BCUT2D eigenvalue weighted by Crippen LogP contribution is 2.43. The number of fused-ring (bicyclic) bond motifs is 1. The van der Waals surface area contributed by atoms with Crippen molar-refractivity contribution in [1.82, 2.24) is 29.7 Å². The van der Waals surface area contributed by atoms with Gasteiger partial charge in [-0.15, -0.1) is 0 Å². The van der Waals surface area contributed by atoms with Crippen molar-refractivity contribution in [2.75, 3.05) is 33.2 Å². The predicted molar refractivity (Wildman–Crippen MR) is 112 cm³/mol. The van der Waals surface area contributed by atoms with Crippen LogP contribution in [0.1, 0.15) is 31.2 Å². The number of piperidine rings is 2. The third-order valence-electron chi connectivity index (χ3n) is 6.60. The van der Waals surface area contributed by atoms with Crippen LogP contribution in [0.25, 0.3) is 0 Å². The second-order valence-corrected chi connectivity index (χ2v) is 8.52. The molecule has 0 unspecified atom stereocenters. The quantitative estimate of drug-likeness (QED) is 0.723. The Morgan fingerprint density at radius 1 is 1.21 bits per heavy atom. The SMILES string of the molecule is CN1CC[C@]2(C(=O)NCCCn3ccnc3)CCCN(Cc3ccncc3)[C@H]2C1. The molecular formula is C22H32N6O. The summed E-state index contributed by atoms with van der Waals surface area (Å²) in [5, 5.41) is 3.28. The molecule has 0 bridgehead atoms. The van der Waals surface area contributed by atoms with Crippen LogP contribution >= 0.6 is 0 Å². The molecule has 4 heterocycles. The van der Waals surface area contributed by atoms with Crippen molar-refractivity contribution in [3.63, 3.8) is 0 Å². The number of nitrogens with one attached hydrogen (secondary N) is 1. The van der Waals surface area contributed by atoms with Crippen LogP contribution in [0, 0.1) is 5.41 Å². The number of carbonyl (C=O) groups is 1. The van der Waals surface area contributed by atoms with Gasteiger partial charge in [-0.05, 0) is 63.5 Å². The fraction of sp³-hybridized carbons (Fsp3) is 0.591. The van der Waals surface area contributed by atoms with Gasteiger partial charge in [0.05, 0.1) is 11.7 Å². The van der Waals surface area contributed by atoms with Gasteiger partial charge in [-0.3, -0.25) is 14.7 Å². The molecular weight excluding hydrogens is 364 g/mol. The van der Waals surface area contributed by atoms with E-state index >= 15 is 0 Å². The van der Waals surface area contributed by atoms with Gasteiger partial charge in [0, 0.05) is 57.0 Å². The van der Waals surface area contributed by atoms with Crippen molar-refractivity contribution in [2.24, 2.45) is 5.41 Å². The highest BCUT2D eigenvalue weighted by molar-refractivity contribution is 5.83. The van der Waals surface area contributed by atoms with Crippen molar-refractivity contribution >= 4 is 5.91 Å². The Labute approximate surface area is 173 Å². The number of likely N-dealkylation sites (N-methyl/N-ethyl adjacent to an activating group) is 1. The lowest BCUT2D eigenvalue weighted by Crippen LogP contribution is -2.65. The van der Waals surface area contributed by atoms with Gasteiger partial charge < -0.3 is 14.8 Å². The average molecular weight is 397 g/mol. The number of amides is 1. The van der Waals surface area contributed by atoms with Crippen LogP contribution in [0.5, 0.6) is 0 Å². The van der Waals surface area contributed by atoms with E-state index in [9.17, 15) is 4.79 Å². The second kappa shape index (κ2) is 9.05. The lowest BCUT2D eigenvalue weighted by Gasteiger charge is -2.53. The molecule has 2 aliphatic heterocycles. The topological polar surface area (TPSA) is 66.3 Å². The fourth-order valence-electron chi connectivity index (χ4n) is 4.98. The number of imidazole rings is 1. The van der Waals surface area contributed by atoms with Crippen molar-refractivity contribution in [3.05, 3.63) is 48.8 Å². The summed E-state index contributed by atoms with van der Waals surface area (Å²) in [6.07, 6.45) is 13.2. The molecule has 0 aromatic carbocycles. The van der Waals surface area contributed by atoms with Crippen LogP contribution in [0.15, 0.2) is 43.2 Å². The monoisotopic (exact) mass is 396 g/mol. The molecule has 2 saturated heterocycles. The number of carbonyl (C=O) groups excluding carboxylic acids is 1. The summed E-state index contributed by atoms with van der Waals surface area (Å²) >= 11 is 0. The number of aryl methyl sites for hydroxylation is 1. The van der Waals surface area contributed by atoms with Crippen molar-refractivity contribution in [2.45, 2.75) is 44.8 Å². The normalized spacial score (nSPS) is 25.5. The number of nitrogens with zero attached hydrogens (tertiary/aromatic N) is 5. The highest BCUT2D eigenvalue weighted by atomic mass is 16.2. The third-order valence-corrected chi connectivity index (χ3v) is 6.60. The van der Waals surface area contributed by atoms with Crippen LogP contribution in [0.3, 0.4) is 0 Å². The summed E-state index contributed by atoms with van der Waals surface area (Å²) in [6.45, 7) is 5.47. The number of hydrogen-bond donors (Lipinski definition) is 1. The zero-order chi connectivity index (χ0) is 20.1. The fourth-order valence-corrected chi connectivity index (χ4v) is 4.98. The summed E-state index contributed by atoms with van der Waals surface area (Å²) in [5.74, 6) is 0.251. The Kier molecular flexibility index (Phi) is 6.25. The largest absolute Gasteiger partial charge is 0.356 e. The van der Waals surface area contributed by atoms with E-state index < -0.39 is 0 Å². The number of hydrogen-bond acceptors (Lipinski definition) is 5. The molecule has 29 heavy (non-hydrogen) atoms. The molecule has 0 aliphatic carbocycles. The van der Waals surface area contributed by atoms with E-state index in [1.165, 1.54) is 5.56 Å². The van der Waals surface area contributed by atoms with Crippen LogP contribution in [-0.4, -0.2) is 69.5 Å². The minimum atomic E-state index is -0.271. The van der Waals surface area contributed by atoms with E-state index in [1.54, 1.807) is 6.20 Å². The van der Waals surface area contributed by atoms with Gasteiger partial charge >= 0.3 is 0 Å².